The predicted molar refractivity (Wildman–Crippen MR) is 91.4 cm³/mol. The van der Waals surface area contributed by atoms with E-state index in [1.165, 1.54) is 6.26 Å². The number of carbonyl (C=O) groups excluding carboxylic acids is 1. The van der Waals surface area contributed by atoms with Crippen LogP contribution in [0.3, 0.4) is 0 Å². The van der Waals surface area contributed by atoms with E-state index < -0.39 is 0 Å². The van der Waals surface area contributed by atoms with Crippen LogP contribution in [0.4, 0.5) is 0 Å². The minimum absolute atomic E-state index is 0.0459. The zero-order chi connectivity index (χ0) is 17.1. The molecule has 126 valence electrons. The predicted octanol–water partition coefficient (Wildman–Crippen LogP) is 4.15. The van der Waals surface area contributed by atoms with Crippen LogP contribution in [0.25, 0.3) is 11.5 Å². The molecule has 0 unspecified atom stereocenters. The molecule has 0 radical (unpaired) electrons. The second kappa shape index (κ2) is 6.82. The Morgan fingerprint density at radius 2 is 2.00 bits per heavy atom. The molecule has 7 heteroatoms. The van der Waals surface area contributed by atoms with Crippen LogP contribution in [0.1, 0.15) is 27.0 Å². The number of aromatic nitrogens is 1. The number of amides is 1. The number of carbonyl (C=O) groups is 1. The third-order valence-corrected chi connectivity index (χ3v) is 4.73. The van der Waals surface area contributed by atoms with Crippen molar-refractivity contribution in [2.24, 2.45) is 0 Å². The molecule has 25 heavy (non-hydrogen) atoms. The number of thiophene rings is 1. The van der Waals surface area contributed by atoms with E-state index >= 15 is 0 Å². The summed E-state index contributed by atoms with van der Waals surface area (Å²) >= 11 is 1.62. The summed E-state index contributed by atoms with van der Waals surface area (Å²) < 4.78 is 15.9. The van der Waals surface area contributed by atoms with Crippen LogP contribution in [0.2, 0.25) is 0 Å². The van der Waals surface area contributed by atoms with Gasteiger partial charge in [0.1, 0.15) is 5.76 Å². The van der Waals surface area contributed by atoms with E-state index in [1.54, 1.807) is 35.8 Å². The van der Waals surface area contributed by atoms with Gasteiger partial charge in [0.05, 0.1) is 18.4 Å². The van der Waals surface area contributed by atoms with E-state index in [0.717, 1.165) is 10.6 Å². The van der Waals surface area contributed by atoms with Gasteiger partial charge in [-0.25, -0.2) is 0 Å². The summed E-state index contributed by atoms with van der Waals surface area (Å²) in [5.41, 5.74) is 0.204. The fourth-order valence-electron chi connectivity index (χ4n) is 2.52. The van der Waals surface area contributed by atoms with Gasteiger partial charge in [-0.1, -0.05) is 11.2 Å². The lowest BCUT2D eigenvalue weighted by molar-refractivity contribution is 0.0943. The quantitative estimate of drug-likeness (QED) is 0.562. The van der Waals surface area contributed by atoms with Gasteiger partial charge in [-0.05, 0) is 35.7 Å². The first-order valence-electron chi connectivity index (χ1n) is 7.67. The molecule has 0 saturated carbocycles. The van der Waals surface area contributed by atoms with Gasteiger partial charge < -0.3 is 18.7 Å². The Bertz CT molecular complexity index is 890. The van der Waals surface area contributed by atoms with Crippen LogP contribution in [-0.4, -0.2) is 17.6 Å². The van der Waals surface area contributed by atoms with Crippen LogP contribution in [0, 0.1) is 0 Å². The molecular formula is C18H14N2O4S. The molecule has 4 aromatic heterocycles. The van der Waals surface area contributed by atoms with Gasteiger partial charge in [0.25, 0.3) is 5.91 Å². The number of nitrogens with zero attached hydrogens (tertiary/aromatic N) is 1. The van der Waals surface area contributed by atoms with Gasteiger partial charge in [0, 0.05) is 17.5 Å². The molecule has 1 N–H and O–H groups in total. The van der Waals surface area contributed by atoms with Gasteiger partial charge in [0.2, 0.25) is 5.76 Å². The Morgan fingerprint density at radius 3 is 2.72 bits per heavy atom. The smallest absolute Gasteiger partial charge is 0.273 e. The van der Waals surface area contributed by atoms with Crippen molar-refractivity contribution in [2.75, 3.05) is 6.54 Å². The summed E-state index contributed by atoms with van der Waals surface area (Å²) in [5, 5.41) is 8.70. The van der Waals surface area contributed by atoms with Crippen molar-refractivity contribution >= 4 is 17.2 Å². The largest absolute Gasteiger partial charge is 0.469 e. The molecule has 4 rings (SSSR count). The normalized spacial score (nSPS) is 12.2. The topological polar surface area (TPSA) is 81.4 Å². The molecule has 0 bridgehead atoms. The average molecular weight is 354 g/mol. The fourth-order valence-corrected chi connectivity index (χ4v) is 3.36. The second-order valence-electron chi connectivity index (χ2n) is 5.35. The fraction of sp³-hybridized carbons (Fsp3) is 0.111. The van der Waals surface area contributed by atoms with E-state index in [1.807, 2.05) is 29.6 Å². The van der Waals surface area contributed by atoms with E-state index in [-0.39, 0.29) is 17.5 Å². The third kappa shape index (κ3) is 3.27. The molecule has 0 aliphatic rings. The average Bonchev–Trinajstić information content (AvgIpc) is 3.43. The number of hydrogen-bond donors (Lipinski definition) is 1. The first-order chi connectivity index (χ1) is 12.3. The highest BCUT2D eigenvalue weighted by atomic mass is 32.1. The number of furan rings is 2. The third-order valence-electron chi connectivity index (χ3n) is 3.75. The molecular weight excluding hydrogens is 340 g/mol. The van der Waals surface area contributed by atoms with Crippen molar-refractivity contribution in [3.05, 3.63) is 76.7 Å². The first-order valence-corrected chi connectivity index (χ1v) is 8.55. The molecule has 0 aliphatic heterocycles. The van der Waals surface area contributed by atoms with Gasteiger partial charge in [-0.3, -0.25) is 4.79 Å². The summed E-state index contributed by atoms with van der Waals surface area (Å²) in [4.78, 5) is 13.5. The van der Waals surface area contributed by atoms with Crippen LogP contribution in [-0.2, 0) is 0 Å². The van der Waals surface area contributed by atoms with Gasteiger partial charge in [-0.2, -0.15) is 0 Å². The summed E-state index contributed by atoms with van der Waals surface area (Å²) in [7, 11) is 0. The lowest BCUT2D eigenvalue weighted by atomic mass is 10.0. The number of rotatable bonds is 6. The number of nitrogens with one attached hydrogen (secondary N) is 1. The van der Waals surface area contributed by atoms with Crippen molar-refractivity contribution in [1.29, 1.82) is 0 Å². The molecule has 4 aromatic rings. The lowest BCUT2D eigenvalue weighted by Crippen LogP contribution is -2.28. The van der Waals surface area contributed by atoms with Crippen molar-refractivity contribution in [3.8, 4) is 11.5 Å². The molecule has 0 aromatic carbocycles. The summed E-state index contributed by atoms with van der Waals surface area (Å²) in [6, 6.07) is 12.8. The van der Waals surface area contributed by atoms with Gasteiger partial charge >= 0.3 is 0 Å². The highest BCUT2D eigenvalue weighted by Gasteiger charge is 2.21. The standard InChI is InChI=1S/C18H14N2O4S/c21-18(13-10-16(24-20-13)15-5-2-8-23-15)19-11-12(14-4-1-7-22-14)17-6-3-9-25-17/h1-10,12H,11H2,(H,19,21)/t12-/m0/s1. The Balaban J connectivity index is 1.47. The SMILES string of the molecule is O=C(NC[C@@H](c1ccco1)c1cccs1)c1cc(-c2ccco2)on1. The molecule has 6 nitrogen and oxygen atoms in total. The first kappa shape index (κ1) is 15.5. The molecule has 0 aliphatic carbocycles. The summed E-state index contributed by atoms with van der Waals surface area (Å²) in [5.74, 6) is 1.39. The van der Waals surface area contributed by atoms with Crippen molar-refractivity contribution in [3.63, 3.8) is 0 Å². The maximum atomic E-state index is 12.4. The van der Waals surface area contributed by atoms with Crippen LogP contribution >= 0.6 is 11.3 Å². The van der Waals surface area contributed by atoms with E-state index in [9.17, 15) is 4.79 Å². The molecule has 4 heterocycles. The van der Waals surface area contributed by atoms with Gasteiger partial charge in [-0.15, -0.1) is 11.3 Å². The van der Waals surface area contributed by atoms with E-state index in [4.69, 9.17) is 13.4 Å². The Labute approximate surface area is 147 Å². The van der Waals surface area contributed by atoms with E-state index in [0.29, 0.717) is 18.1 Å². The maximum absolute atomic E-state index is 12.4. The molecule has 1 amide bonds. The molecule has 1 atom stereocenters. The summed E-state index contributed by atoms with van der Waals surface area (Å²) in [6.07, 6.45) is 3.16. The summed E-state index contributed by atoms with van der Waals surface area (Å²) in [6.45, 7) is 0.399. The maximum Gasteiger partial charge on any atom is 0.273 e. The van der Waals surface area contributed by atoms with Crippen LogP contribution in [0.15, 0.2) is 73.7 Å². The van der Waals surface area contributed by atoms with Crippen LogP contribution in [0.5, 0.6) is 0 Å². The highest BCUT2D eigenvalue weighted by Crippen LogP contribution is 2.28. The van der Waals surface area contributed by atoms with Crippen molar-refractivity contribution in [2.45, 2.75) is 5.92 Å². The van der Waals surface area contributed by atoms with E-state index in [2.05, 4.69) is 10.5 Å². The zero-order valence-electron chi connectivity index (χ0n) is 13.0. The molecule has 0 spiro atoms. The lowest BCUT2D eigenvalue weighted by Gasteiger charge is -2.13. The van der Waals surface area contributed by atoms with Crippen molar-refractivity contribution < 1.29 is 18.2 Å². The molecule has 0 fully saturated rings. The van der Waals surface area contributed by atoms with Crippen molar-refractivity contribution in [1.82, 2.24) is 10.5 Å². The minimum Gasteiger partial charge on any atom is -0.469 e. The van der Waals surface area contributed by atoms with Gasteiger partial charge in [0.15, 0.2) is 11.5 Å². The monoisotopic (exact) mass is 354 g/mol. The Hall–Kier alpha value is -3.06. The minimum atomic E-state index is -0.310. The Kier molecular flexibility index (Phi) is 4.22. The highest BCUT2D eigenvalue weighted by molar-refractivity contribution is 7.10. The van der Waals surface area contributed by atoms with Crippen LogP contribution < -0.4 is 5.32 Å². The zero-order valence-corrected chi connectivity index (χ0v) is 13.9. The second-order valence-corrected chi connectivity index (χ2v) is 6.33. The molecule has 0 saturated heterocycles. The Morgan fingerprint density at radius 1 is 1.12 bits per heavy atom. The number of hydrogen-bond acceptors (Lipinski definition) is 6.